The van der Waals surface area contributed by atoms with Gasteiger partial charge in [-0.25, -0.2) is 0 Å². The van der Waals surface area contributed by atoms with Crippen molar-refractivity contribution in [3.8, 4) is 11.1 Å². The standard InChI is InChI=1S/C13H8As2/c14-10-1-3-12-8(6-10)5-9-7-11(15)2-4-13(9)12/h1-4,6-7H,5H2. The third-order valence-corrected chi connectivity index (χ3v) is 4.02. The van der Waals surface area contributed by atoms with E-state index < -0.39 is 0 Å². The Bertz CT molecular complexity index is 495. The molecule has 2 heteroatoms. The Morgan fingerprint density at radius 2 is 1.20 bits per heavy atom. The molecule has 0 aliphatic heterocycles. The summed E-state index contributed by atoms with van der Waals surface area (Å²) in [5, 5.41) is 0. The zero-order valence-electron chi connectivity index (χ0n) is 8.07. The molecular formula is C13H8As2. The van der Waals surface area contributed by atoms with Gasteiger partial charge in [0.2, 0.25) is 0 Å². The molecule has 0 aromatic heterocycles. The molecule has 0 heterocycles. The van der Waals surface area contributed by atoms with Gasteiger partial charge in [-0.1, -0.05) is 0 Å². The molecule has 1 aliphatic rings. The molecule has 2 aromatic carbocycles. The first-order valence-electron chi connectivity index (χ1n) is 4.88. The van der Waals surface area contributed by atoms with E-state index in [1.807, 2.05) is 0 Å². The van der Waals surface area contributed by atoms with Crippen LogP contribution in [0.15, 0.2) is 36.4 Å². The quantitative estimate of drug-likeness (QED) is 0.540. The maximum atomic E-state index is 2.61. The molecule has 0 fully saturated rings. The summed E-state index contributed by atoms with van der Waals surface area (Å²) in [6.45, 7) is 0. The molecule has 0 saturated carbocycles. The third-order valence-electron chi connectivity index (χ3n) is 2.85. The molecule has 0 atom stereocenters. The first-order chi connectivity index (χ1) is 7.24. The van der Waals surface area contributed by atoms with Crippen molar-refractivity contribution in [2.24, 2.45) is 0 Å². The van der Waals surface area contributed by atoms with Gasteiger partial charge in [0.05, 0.1) is 0 Å². The summed E-state index contributed by atoms with van der Waals surface area (Å²) in [5.74, 6) is 0. The van der Waals surface area contributed by atoms with Gasteiger partial charge in [0.15, 0.2) is 0 Å². The van der Waals surface area contributed by atoms with E-state index in [1.54, 1.807) is 0 Å². The molecule has 15 heavy (non-hydrogen) atoms. The van der Waals surface area contributed by atoms with E-state index in [0.29, 0.717) is 0 Å². The summed E-state index contributed by atoms with van der Waals surface area (Å²) in [5.41, 5.74) is 5.74. The van der Waals surface area contributed by atoms with Crippen LogP contribution in [0.3, 0.4) is 0 Å². The van der Waals surface area contributed by atoms with Crippen LogP contribution in [0.1, 0.15) is 11.1 Å². The Labute approximate surface area is 107 Å². The molecule has 70 valence electrons. The molecule has 0 saturated heterocycles. The Balaban J connectivity index is 2.24. The SMILES string of the molecule is [As]c1ccc2c(c1)Cc1cc([As])ccc1-2. The number of benzene rings is 2. The molecule has 1 aliphatic carbocycles. The molecule has 0 spiro atoms. The van der Waals surface area contributed by atoms with Crippen molar-refractivity contribution >= 4 is 42.4 Å². The van der Waals surface area contributed by atoms with Gasteiger partial charge in [-0.15, -0.1) is 0 Å². The number of rotatable bonds is 0. The second-order valence-corrected chi connectivity index (χ2v) is 6.03. The predicted octanol–water partition coefficient (Wildman–Crippen LogP) is 0.845. The van der Waals surface area contributed by atoms with Crippen molar-refractivity contribution in [3.05, 3.63) is 47.5 Å². The van der Waals surface area contributed by atoms with Gasteiger partial charge in [0.1, 0.15) is 0 Å². The number of hydrogen-bond donors (Lipinski definition) is 0. The van der Waals surface area contributed by atoms with Gasteiger partial charge in [-0.3, -0.25) is 0 Å². The van der Waals surface area contributed by atoms with Crippen LogP contribution in [0.4, 0.5) is 0 Å². The minimum absolute atomic E-state index is 1.09. The van der Waals surface area contributed by atoms with Crippen LogP contribution in [-0.2, 0) is 6.42 Å². The summed E-state index contributed by atoms with van der Waals surface area (Å²) < 4.78 is 2.59. The zero-order chi connectivity index (χ0) is 10.4. The average Bonchev–Trinajstić information content (AvgIpc) is 2.53. The van der Waals surface area contributed by atoms with Crippen molar-refractivity contribution in [3.63, 3.8) is 0 Å². The fraction of sp³-hybridized carbons (Fsp3) is 0.0769. The van der Waals surface area contributed by atoms with Gasteiger partial charge in [-0.05, 0) is 0 Å². The maximum absolute atomic E-state index is 2.61. The second-order valence-electron chi connectivity index (χ2n) is 3.86. The van der Waals surface area contributed by atoms with Crippen LogP contribution in [0.5, 0.6) is 0 Å². The topological polar surface area (TPSA) is 0 Å². The fourth-order valence-electron chi connectivity index (χ4n) is 2.18. The van der Waals surface area contributed by atoms with E-state index in [4.69, 9.17) is 0 Å². The summed E-state index contributed by atoms with van der Waals surface area (Å²) in [4.78, 5) is 0. The second kappa shape index (κ2) is 3.54. The normalized spacial score (nSPS) is 12.4. The first-order valence-corrected chi connectivity index (χ1v) is 6.76. The van der Waals surface area contributed by atoms with Gasteiger partial charge >= 0.3 is 107 Å². The molecule has 3 rings (SSSR count). The van der Waals surface area contributed by atoms with Crippen molar-refractivity contribution in [2.75, 3.05) is 0 Å². The first kappa shape index (κ1) is 9.76. The summed E-state index contributed by atoms with van der Waals surface area (Å²) in [7, 11) is 0. The summed E-state index contributed by atoms with van der Waals surface area (Å²) >= 11 is 5.22. The van der Waals surface area contributed by atoms with E-state index in [0.717, 1.165) is 6.42 Å². The van der Waals surface area contributed by atoms with Gasteiger partial charge < -0.3 is 0 Å². The van der Waals surface area contributed by atoms with E-state index in [1.165, 1.54) is 31.0 Å². The van der Waals surface area contributed by atoms with Crippen LogP contribution < -0.4 is 8.70 Å². The Hall–Kier alpha value is -0.443. The van der Waals surface area contributed by atoms with Crippen LogP contribution in [0.2, 0.25) is 0 Å². The molecule has 0 bridgehead atoms. The third kappa shape index (κ3) is 1.61. The van der Waals surface area contributed by atoms with E-state index >= 15 is 0 Å². The van der Waals surface area contributed by atoms with Crippen molar-refractivity contribution < 1.29 is 0 Å². The minimum atomic E-state index is 1.09. The van der Waals surface area contributed by atoms with Crippen molar-refractivity contribution in [1.82, 2.24) is 0 Å². The van der Waals surface area contributed by atoms with Crippen molar-refractivity contribution in [1.29, 1.82) is 0 Å². The number of hydrogen-bond acceptors (Lipinski definition) is 0. The Kier molecular flexibility index (Phi) is 2.31. The van der Waals surface area contributed by atoms with Gasteiger partial charge in [0, 0.05) is 0 Å². The molecule has 2 aromatic rings. The molecule has 0 N–H and O–H groups in total. The predicted molar refractivity (Wildman–Crippen MR) is 65.5 cm³/mol. The fourth-order valence-corrected chi connectivity index (χ4v) is 3.15. The van der Waals surface area contributed by atoms with E-state index in [2.05, 4.69) is 70.1 Å². The van der Waals surface area contributed by atoms with Crippen LogP contribution in [0, 0.1) is 0 Å². The summed E-state index contributed by atoms with van der Waals surface area (Å²) in [6.07, 6.45) is 1.09. The van der Waals surface area contributed by atoms with Gasteiger partial charge in [0.25, 0.3) is 0 Å². The van der Waals surface area contributed by atoms with Crippen LogP contribution >= 0.6 is 0 Å². The number of fused-ring (bicyclic) bond motifs is 3. The van der Waals surface area contributed by atoms with Crippen LogP contribution in [0.25, 0.3) is 11.1 Å². The average molecular weight is 314 g/mol. The molecule has 4 radical (unpaired) electrons. The monoisotopic (exact) mass is 314 g/mol. The van der Waals surface area contributed by atoms with Crippen LogP contribution in [-0.4, -0.2) is 33.7 Å². The zero-order valence-corrected chi connectivity index (χ0v) is 11.8. The Morgan fingerprint density at radius 1 is 0.733 bits per heavy atom. The van der Waals surface area contributed by atoms with E-state index in [9.17, 15) is 0 Å². The van der Waals surface area contributed by atoms with Gasteiger partial charge in [-0.2, -0.15) is 0 Å². The molecule has 0 nitrogen and oxygen atoms in total. The van der Waals surface area contributed by atoms with E-state index in [-0.39, 0.29) is 0 Å². The molecular weight excluding hydrogens is 306 g/mol. The van der Waals surface area contributed by atoms with Crippen molar-refractivity contribution in [2.45, 2.75) is 6.42 Å². The summed E-state index contributed by atoms with van der Waals surface area (Å²) in [6, 6.07) is 13.4. The Morgan fingerprint density at radius 3 is 1.67 bits per heavy atom. The molecule has 0 amide bonds. The molecule has 0 unspecified atom stereocenters.